The van der Waals surface area contributed by atoms with E-state index >= 15 is 0 Å². The van der Waals surface area contributed by atoms with Gasteiger partial charge >= 0.3 is 6.09 Å². The molecule has 0 atom stereocenters. The van der Waals surface area contributed by atoms with E-state index in [0.29, 0.717) is 19.0 Å². The fourth-order valence-electron chi connectivity index (χ4n) is 1.22. The van der Waals surface area contributed by atoms with Gasteiger partial charge in [-0.2, -0.15) is 0 Å². The quantitative estimate of drug-likeness (QED) is 0.835. The normalized spacial score (nSPS) is 10.9. The van der Waals surface area contributed by atoms with Crippen LogP contribution < -0.4 is 10.1 Å². The van der Waals surface area contributed by atoms with Gasteiger partial charge < -0.3 is 14.8 Å². The molecule has 1 aromatic heterocycles. The van der Waals surface area contributed by atoms with Gasteiger partial charge in [0.15, 0.2) is 0 Å². The molecule has 0 unspecified atom stereocenters. The Labute approximate surface area is 108 Å². The smallest absolute Gasteiger partial charge is 0.407 e. The second kappa shape index (κ2) is 6.23. The summed E-state index contributed by atoms with van der Waals surface area (Å²) >= 11 is 0. The molecule has 18 heavy (non-hydrogen) atoms. The number of aromatic nitrogens is 1. The topological polar surface area (TPSA) is 60.5 Å². The molecule has 1 heterocycles. The molecule has 0 fully saturated rings. The lowest BCUT2D eigenvalue weighted by Gasteiger charge is -2.19. The lowest BCUT2D eigenvalue weighted by Crippen LogP contribution is -2.34. The number of hydrogen-bond donors (Lipinski definition) is 1. The number of hydrogen-bond acceptors (Lipinski definition) is 4. The van der Waals surface area contributed by atoms with Crippen molar-refractivity contribution in [2.45, 2.75) is 33.3 Å². The number of ether oxygens (including phenoxy) is 2. The van der Waals surface area contributed by atoms with Crippen molar-refractivity contribution in [3.8, 4) is 5.88 Å². The van der Waals surface area contributed by atoms with E-state index in [2.05, 4.69) is 10.3 Å². The molecule has 0 bridgehead atoms. The molecule has 1 aromatic rings. The Morgan fingerprint density at radius 2 is 2.11 bits per heavy atom. The van der Waals surface area contributed by atoms with E-state index in [9.17, 15) is 4.79 Å². The number of alkyl carbamates (subject to hydrolysis) is 1. The van der Waals surface area contributed by atoms with Gasteiger partial charge in [-0.3, -0.25) is 0 Å². The minimum atomic E-state index is -0.483. The van der Waals surface area contributed by atoms with Crippen LogP contribution in [0.15, 0.2) is 18.2 Å². The largest absolute Gasteiger partial charge is 0.476 e. The highest BCUT2D eigenvalue weighted by Crippen LogP contribution is 2.07. The summed E-state index contributed by atoms with van der Waals surface area (Å²) in [7, 11) is 0. The lowest BCUT2D eigenvalue weighted by molar-refractivity contribution is 0.0520. The minimum absolute atomic E-state index is 0.357. The van der Waals surface area contributed by atoms with Crippen LogP contribution in [0, 0.1) is 6.92 Å². The molecule has 100 valence electrons. The standard InChI is InChI=1S/C13H20N2O3/c1-10-6-5-7-11(15-10)17-9-8-14-12(16)18-13(2,3)4/h5-7H,8-9H2,1-4H3,(H,14,16). The summed E-state index contributed by atoms with van der Waals surface area (Å²) in [5, 5.41) is 2.61. The third-order valence-corrected chi connectivity index (χ3v) is 1.88. The molecule has 1 N–H and O–H groups in total. The maximum absolute atomic E-state index is 11.3. The summed E-state index contributed by atoms with van der Waals surface area (Å²) in [5.41, 5.74) is 0.413. The van der Waals surface area contributed by atoms with Gasteiger partial charge in [-0.1, -0.05) is 6.07 Å². The molecule has 0 aliphatic carbocycles. The summed E-state index contributed by atoms with van der Waals surface area (Å²) in [6, 6.07) is 5.55. The van der Waals surface area contributed by atoms with E-state index in [0.717, 1.165) is 5.69 Å². The first-order valence-electron chi connectivity index (χ1n) is 5.90. The van der Waals surface area contributed by atoms with Gasteiger partial charge in [0.2, 0.25) is 5.88 Å². The van der Waals surface area contributed by atoms with Crippen LogP contribution in [0.4, 0.5) is 4.79 Å². The van der Waals surface area contributed by atoms with Crippen molar-refractivity contribution in [1.29, 1.82) is 0 Å². The monoisotopic (exact) mass is 252 g/mol. The van der Waals surface area contributed by atoms with Crippen molar-refractivity contribution in [3.63, 3.8) is 0 Å². The molecule has 1 rings (SSSR count). The maximum atomic E-state index is 11.3. The van der Waals surface area contributed by atoms with E-state index in [4.69, 9.17) is 9.47 Å². The van der Waals surface area contributed by atoms with Crippen LogP contribution in [-0.2, 0) is 4.74 Å². The van der Waals surface area contributed by atoms with Crippen molar-refractivity contribution in [3.05, 3.63) is 23.9 Å². The molecule has 0 aromatic carbocycles. The molecule has 0 saturated carbocycles. The average molecular weight is 252 g/mol. The zero-order chi connectivity index (χ0) is 13.6. The predicted molar refractivity (Wildman–Crippen MR) is 68.7 cm³/mol. The van der Waals surface area contributed by atoms with Gasteiger partial charge in [0.05, 0.1) is 6.54 Å². The van der Waals surface area contributed by atoms with Crippen molar-refractivity contribution < 1.29 is 14.3 Å². The molecule has 1 amide bonds. The molecule has 0 spiro atoms. The molecule has 0 aliphatic rings. The number of aryl methyl sites for hydroxylation is 1. The van der Waals surface area contributed by atoms with E-state index in [-0.39, 0.29) is 0 Å². The van der Waals surface area contributed by atoms with E-state index in [1.807, 2.05) is 39.8 Å². The number of amides is 1. The number of nitrogens with zero attached hydrogens (tertiary/aromatic N) is 1. The van der Waals surface area contributed by atoms with Crippen molar-refractivity contribution in [1.82, 2.24) is 10.3 Å². The fourth-order valence-corrected chi connectivity index (χ4v) is 1.22. The van der Waals surface area contributed by atoms with Crippen molar-refractivity contribution >= 4 is 6.09 Å². The van der Waals surface area contributed by atoms with Gasteiger partial charge in [0.25, 0.3) is 0 Å². The Kier molecular flexibility index (Phi) is 4.95. The van der Waals surface area contributed by atoms with Crippen molar-refractivity contribution in [2.75, 3.05) is 13.2 Å². The summed E-state index contributed by atoms with van der Waals surface area (Å²) in [4.78, 5) is 15.5. The maximum Gasteiger partial charge on any atom is 0.407 e. The van der Waals surface area contributed by atoms with Crippen LogP contribution >= 0.6 is 0 Å². The SMILES string of the molecule is Cc1cccc(OCCNC(=O)OC(C)(C)C)n1. The number of pyridine rings is 1. The van der Waals surface area contributed by atoms with Gasteiger partial charge in [0.1, 0.15) is 12.2 Å². The summed E-state index contributed by atoms with van der Waals surface area (Å²) < 4.78 is 10.5. The first-order valence-corrected chi connectivity index (χ1v) is 5.90. The van der Waals surface area contributed by atoms with Crippen molar-refractivity contribution in [2.24, 2.45) is 0 Å². The van der Waals surface area contributed by atoms with E-state index in [1.165, 1.54) is 0 Å². The highest BCUT2D eigenvalue weighted by atomic mass is 16.6. The Balaban J connectivity index is 2.21. The summed E-state index contributed by atoms with van der Waals surface area (Å²) in [5.74, 6) is 0.556. The first kappa shape index (κ1) is 14.3. The molecular formula is C13H20N2O3. The Morgan fingerprint density at radius 1 is 1.39 bits per heavy atom. The fraction of sp³-hybridized carbons (Fsp3) is 0.538. The van der Waals surface area contributed by atoms with Crippen LogP contribution in [0.5, 0.6) is 5.88 Å². The number of rotatable bonds is 4. The Bertz CT molecular complexity index is 399. The Morgan fingerprint density at radius 3 is 2.72 bits per heavy atom. The molecule has 0 radical (unpaired) electrons. The molecule has 0 aliphatic heterocycles. The number of carbonyl (C=O) groups is 1. The van der Waals surface area contributed by atoms with Gasteiger partial charge in [-0.05, 0) is 33.8 Å². The number of carbonyl (C=O) groups excluding carboxylic acids is 1. The zero-order valence-corrected chi connectivity index (χ0v) is 11.3. The predicted octanol–water partition coefficient (Wildman–Crippen LogP) is 2.29. The van der Waals surface area contributed by atoms with Gasteiger partial charge in [-0.25, -0.2) is 9.78 Å². The second-order valence-corrected chi connectivity index (χ2v) is 4.89. The van der Waals surface area contributed by atoms with Gasteiger partial charge in [-0.15, -0.1) is 0 Å². The van der Waals surface area contributed by atoms with Crippen LogP contribution in [0.3, 0.4) is 0 Å². The lowest BCUT2D eigenvalue weighted by atomic mass is 10.2. The highest BCUT2D eigenvalue weighted by molar-refractivity contribution is 5.67. The zero-order valence-electron chi connectivity index (χ0n) is 11.3. The first-order chi connectivity index (χ1) is 8.37. The molecule has 0 saturated heterocycles. The third kappa shape index (κ3) is 6.08. The van der Waals surface area contributed by atoms with Crippen LogP contribution in [0.25, 0.3) is 0 Å². The van der Waals surface area contributed by atoms with Crippen LogP contribution in [-0.4, -0.2) is 29.8 Å². The highest BCUT2D eigenvalue weighted by Gasteiger charge is 2.15. The molecular weight excluding hydrogens is 232 g/mol. The average Bonchev–Trinajstić information content (AvgIpc) is 2.22. The third-order valence-electron chi connectivity index (χ3n) is 1.88. The summed E-state index contributed by atoms with van der Waals surface area (Å²) in [6.45, 7) is 8.09. The summed E-state index contributed by atoms with van der Waals surface area (Å²) in [6.07, 6.45) is -0.441. The van der Waals surface area contributed by atoms with E-state index in [1.54, 1.807) is 6.07 Å². The minimum Gasteiger partial charge on any atom is -0.476 e. The van der Waals surface area contributed by atoms with E-state index < -0.39 is 11.7 Å². The second-order valence-electron chi connectivity index (χ2n) is 4.89. The van der Waals surface area contributed by atoms with Crippen LogP contribution in [0.2, 0.25) is 0 Å². The van der Waals surface area contributed by atoms with Crippen LogP contribution in [0.1, 0.15) is 26.5 Å². The Hall–Kier alpha value is -1.78. The number of nitrogens with one attached hydrogen (secondary N) is 1. The van der Waals surface area contributed by atoms with Gasteiger partial charge in [0, 0.05) is 11.8 Å². The molecule has 5 heteroatoms. The molecule has 5 nitrogen and oxygen atoms in total.